The van der Waals surface area contributed by atoms with E-state index in [1.165, 1.54) is 0 Å². The molecule has 8 heteroatoms. The van der Waals surface area contributed by atoms with E-state index in [4.69, 9.17) is 9.84 Å². The Morgan fingerprint density at radius 3 is 2.37 bits per heavy atom. The molecule has 0 spiro atoms. The Balaban J connectivity index is 1.50. The van der Waals surface area contributed by atoms with Gasteiger partial charge in [-0.1, -0.05) is 85.6 Å². The van der Waals surface area contributed by atoms with Crippen LogP contribution in [0.15, 0.2) is 78.9 Å². The van der Waals surface area contributed by atoms with E-state index >= 15 is 0 Å². The van der Waals surface area contributed by atoms with Gasteiger partial charge in [0.25, 0.3) is 5.91 Å². The van der Waals surface area contributed by atoms with E-state index < -0.39 is 9.84 Å². The second kappa shape index (κ2) is 11.2. The van der Waals surface area contributed by atoms with Crippen LogP contribution in [0.2, 0.25) is 0 Å². The minimum Gasteiger partial charge on any atom is -0.494 e. The third-order valence-corrected chi connectivity index (χ3v) is 9.78. The normalized spacial score (nSPS) is 19.5. The van der Waals surface area contributed by atoms with Gasteiger partial charge in [-0.15, -0.1) is 0 Å². The fourth-order valence-electron chi connectivity index (χ4n) is 5.86. The largest absolute Gasteiger partial charge is 0.494 e. The fraction of sp³-hybridized carbons (Fsp3) is 0.333. The molecule has 1 fully saturated rings. The molecule has 1 amide bonds. The average molecular weight is 570 g/mol. The Morgan fingerprint density at radius 2 is 1.71 bits per heavy atom. The molecule has 0 N–H and O–H groups in total. The monoisotopic (exact) mass is 569 g/mol. The number of unbranched alkanes of at least 4 members (excludes halogenated alkanes) is 1. The highest BCUT2D eigenvalue weighted by molar-refractivity contribution is 7.91. The topological polar surface area (TPSA) is 81.5 Å². The van der Waals surface area contributed by atoms with Gasteiger partial charge < -0.3 is 9.64 Å². The van der Waals surface area contributed by atoms with Crippen molar-refractivity contribution in [3.8, 4) is 17.0 Å². The van der Waals surface area contributed by atoms with E-state index in [0.29, 0.717) is 25.3 Å². The molecule has 2 atom stereocenters. The van der Waals surface area contributed by atoms with Gasteiger partial charge in [-0.05, 0) is 43.0 Å². The lowest BCUT2D eigenvalue weighted by atomic mass is 9.95. The summed E-state index contributed by atoms with van der Waals surface area (Å²) in [6.07, 6.45) is 2.50. The van der Waals surface area contributed by atoms with E-state index in [-0.39, 0.29) is 29.5 Å². The lowest BCUT2D eigenvalue weighted by Gasteiger charge is -2.27. The molecule has 0 bridgehead atoms. The average Bonchev–Trinajstić information content (AvgIpc) is 3.62. The summed E-state index contributed by atoms with van der Waals surface area (Å²) in [5, 5.41) is 4.99. The molecule has 212 valence electrons. The lowest BCUT2D eigenvalue weighted by Crippen LogP contribution is -2.30. The molecule has 0 unspecified atom stereocenters. The van der Waals surface area contributed by atoms with E-state index in [9.17, 15) is 13.2 Å². The molecule has 4 aromatic rings. The molecular weight excluding hydrogens is 534 g/mol. The molecule has 0 aliphatic carbocycles. The van der Waals surface area contributed by atoms with Gasteiger partial charge in [-0.3, -0.25) is 9.48 Å². The number of ether oxygens (including phenoxy) is 1. The van der Waals surface area contributed by atoms with Crippen molar-refractivity contribution < 1.29 is 17.9 Å². The van der Waals surface area contributed by atoms with Gasteiger partial charge in [-0.2, -0.15) is 5.10 Å². The van der Waals surface area contributed by atoms with Gasteiger partial charge in [0.1, 0.15) is 11.4 Å². The van der Waals surface area contributed by atoms with Crippen LogP contribution >= 0.6 is 0 Å². The molecule has 2 aliphatic heterocycles. The first kappa shape index (κ1) is 27.3. The van der Waals surface area contributed by atoms with Crippen LogP contribution in [0.25, 0.3) is 11.3 Å². The number of sulfone groups is 1. The maximum Gasteiger partial charge on any atom is 0.273 e. The molecule has 0 saturated carbocycles. The number of fused-ring (bicyclic) bond motifs is 1. The van der Waals surface area contributed by atoms with E-state index in [1.807, 2.05) is 90.7 Å². The van der Waals surface area contributed by atoms with Crippen molar-refractivity contribution in [2.45, 2.75) is 51.7 Å². The van der Waals surface area contributed by atoms with Gasteiger partial charge in [0, 0.05) is 17.7 Å². The van der Waals surface area contributed by atoms with Crippen LogP contribution in [-0.4, -0.2) is 47.1 Å². The second-order valence-electron chi connectivity index (χ2n) is 11.1. The molecule has 7 nitrogen and oxygen atoms in total. The van der Waals surface area contributed by atoms with E-state index in [0.717, 1.165) is 52.1 Å². The first-order chi connectivity index (χ1) is 19.8. The maximum atomic E-state index is 14.4. The molecular formula is C33H35N3O4S. The number of aromatic nitrogens is 2. The number of nitrogens with zero attached hydrogens (tertiary/aromatic N) is 3. The molecule has 41 heavy (non-hydrogen) atoms. The minimum atomic E-state index is -3.18. The number of amides is 1. The molecule has 2 aliphatic rings. The van der Waals surface area contributed by atoms with Crippen LogP contribution in [-0.2, 0) is 16.4 Å². The van der Waals surface area contributed by atoms with Crippen LogP contribution in [0.4, 0.5) is 0 Å². The summed E-state index contributed by atoms with van der Waals surface area (Å²) < 4.78 is 32.6. The van der Waals surface area contributed by atoms with Crippen LogP contribution in [0.3, 0.4) is 0 Å². The Bertz CT molecular complexity index is 1650. The zero-order valence-corrected chi connectivity index (χ0v) is 24.3. The highest BCUT2D eigenvalue weighted by Gasteiger charge is 2.46. The van der Waals surface area contributed by atoms with Crippen molar-refractivity contribution in [2.75, 3.05) is 18.1 Å². The third-order valence-electron chi connectivity index (χ3n) is 8.03. The number of hydrogen-bond acceptors (Lipinski definition) is 5. The zero-order valence-electron chi connectivity index (χ0n) is 23.5. The Kier molecular flexibility index (Phi) is 7.43. The Labute approximate surface area is 241 Å². The molecule has 1 saturated heterocycles. The van der Waals surface area contributed by atoms with Gasteiger partial charge in [0.2, 0.25) is 0 Å². The second-order valence-corrected chi connectivity index (χ2v) is 13.3. The van der Waals surface area contributed by atoms with E-state index in [1.54, 1.807) is 4.68 Å². The Morgan fingerprint density at radius 1 is 0.976 bits per heavy atom. The highest BCUT2D eigenvalue weighted by atomic mass is 32.2. The fourth-order valence-corrected chi connectivity index (χ4v) is 7.55. The van der Waals surface area contributed by atoms with Crippen LogP contribution in [0.5, 0.6) is 5.75 Å². The number of benzene rings is 3. The quantitative estimate of drug-likeness (QED) is 0.226. The van der Waals surface area contributed by atoms with Crippen molar-refractivity contribution >= 4 is 15.7 Å². The van der Waals surface area contributed by atoms with Gasteiger partial charge >= 0.3 is 0 Å². The van der Waals surface area contributed by atoms with Crippen LogP contribution < -0.4 is 4.74 Å². The van der Waals surface area contributed by atoms with Crippen molar-refractivity contribution in [3.05, 3.63) is 107 Å². The van der Waals surface area contributed by atoms with Crippen LogP contribution in [0.1, 0.15) is 71.0 Å². The van der Waals surface area contributed by atoms with Crippen LogP contribution in [0, 0.1) is 6.92 Å². The SMILES string of the molecule is CCCCOc1ccc([C@@H]2c3c(-c4ccc(C)cc4)nn([C@H]4CCS(=O)(=O)C4)c3C(=O)N2Cc2ccccc2)cc1. The van der Waals surface area contributed by atoms with E-state index in [2.05, 4.69) is 6.92 Å². The molecule has 0 radical (unpaired) electrons. The molecule has 3 aromatic carbocycles. The number of carbonyl (C=O) groups is 1. The first-order valence-electron chi connectivity index (χ1n) is 14.3. The maximum absolute atomic E-state index is 14.4. The van der Waals surface area contributed by atoms with Crippen molar-refractivity contribution in [1.29, 1.82) is 0 Å². The summed E-state index contributed by atoms with van der Waals surface area (Å²) in [5.41, 5.74) is 6.07. The summed E-state index contributed by atoms with van der Waals surface area (Å²) in [7, 11) is -3.18. The predicted molar refractivity (Wildman–Crippen MR) is 160 cm³/mol. The smallest absolute Gasteiger partial charge is 0.273 e. The third kappa shape index (κ3) is 5.40. The van der Waals surface area contributed by atoms with Crippen molar-refractivity contribution in [1.82, 2.24) is 14.7 Å². The Hall–Kier alpha value is -3.91. The molecule has 1 aromatic heterocycles. The minimum absolute atomic E-state index is 0.00507. The first-order valence-corrected chi connectivity index (χ1v) is 16.1. The zero-order chi connectivity index (χ0) is 28.6. The molecule has 3 heterocycles. The number of hydrogen-bond donors (Lipinski definition) is 0. The summed E-state index contributed by atoms with van der Waals surface area (Å²) in [4.78, 5) is 16.2. The number of rotatable bonds is 9. The summed E-state index contributed by atoms with van der Waals surface area (Å²) >= 11 is 0. The van der Waals surface area contributed by atoms with Gasteiger partial charge in [0.05, 0.1) is 35.9 Å². The number of aryl methyl sites for hydroxylation is 1. The predicted octanol–water partition coefficient (Wildman–Crippen LogP) is 6.14. The lowest BCUT2D eigenvalue weighted by molar-refractivity contribution is 0.0722. The van der Waals surface area contributed by atoms with Gasteiger partial charge in [0.15, 0.2) is 9.84 Å². The summed E-state index contributed by atoms with van der Waals surface area (Å²) in [6, 6.07) is 25.3. The highest BCUT2D eigenvalue weighted by Crippen LogP contribution is 2.46. The standard InChI is InChI=1S/C33H35N3O4S/c1-3-4-19-40-28-16-14-26(15-17-28)31-29-30(25-12-10-23(2)11-13-25)34-36(27-18-20-41(38,39)22-27)32(29)33(37)35(31)21-24-8-6-5-7-9-24/h5-17,27,31H,3-4,18-22H2,1-2H3/t27-,31+/m0/s1. The summed E-state index contributed by atoms with van der Waals surface area (Å²) in [5.74, 6) is 0.769. The molecule has 6 rings (SSSR count). The van der Waals surface area contributed by atoms with Crippen molar-refractivity contribution in [2.24, 2.45) is 0 Å². The summed E-state index contributed by atoms with van der Waals surface area (Å²) in [6.45, 7) is 5.25. The number of carbonyl (C=O) groups excluding carboxylic acids is 1. The van der Waals surface area contributed by atoms with Gasteiger partial charge in [-0.25, -0.2) is 8.42 Å². The van der Waals surface area contributed by atoms with Crippen molar-refractivity contribution in [3.63, 3.8) is 0 Å².